The van der Waals surface area contributed by atoms with Crippen LogP contribution in [0.15, 0.2) is 24.3 Å². The van der Waals surface area contributed by atoms with Gasteiger partial charge in [0.25, 0.3) is 0 Å². The summed E-state index contributed by atoms with van der Waals surface area (Å²) in [6, 6.07) is 5.78. The van der Waals surface area contributed by atoms with Gasteiger partial charge in [-0.1, -0.05) is 15.9 Å². The smallest absolute Gasteiger partial charge is 0.237 e. The van der Waals surface area contributed by atoms with Crippen molar-refractivity contribution < 1.29 is 14.0 Å². The number of ketones is 1. The number of carbonyl (C=O) groups excluding carboxylic acids is 2. The van der Waals surface area contributed by atoms with E-state index in [4.69, 9.17) is 0 Å². The van der Waals surface area contributed by atoms with Crippen LogP contribution in [0.2, 0.25) is 0 Å². The molecule has 1 aliphatic heterocycles. The van der Waals surface area contributed by atoms with Gasteiger partial charge >= 0.3 is 0 Å². The summed E-state index contributed by atoms with van der Waals surface area (Å²) < 4.78 is 12.2. The Labute approximate surface area is 126 Å². The quantitative estimate of drug-likeness (QED) is 0.624. The predicted molar refractivity (Wildman–Crippen MR) is 79.5 cm³/mol. The SMILES string of the molecule is CC(C)(Br)C(=O)C1CCCN(c2ccc(F)cc2)C1=O. The number of alkyl halides is 1. The standard InChI is InChI=1S/C15H17BrFNO2/c1-15(2,16)13(19)12-4-3-9-18(14(12)20)11-7-5-10(17)6-8-11/h5-8,12H,3-4,9H2,1-2H3. The van der Waals surface area contributed by atoms with Gasteiger partial charge in [-0.05, 0) is 51.0 Å². The summed E-state index contributed by atoms with van der Waals surface area (Å²) in [5.74, 6) is -1.26. The molecule has 2 rings (SSSR count). The van der Waals surface area contributed by atoms with E-state index < -0.39 is 10.2 Å². The summed E-state index contributed by atoms with van der Waals surface area (Å²) in [6.45, 7) is 4.07. The molecule has 0 radical (unpaired) electrons. The molecular weight excluding hydrogens is 325 g/mol. The third-order valence-corrected chi connectivity index (χ3v) is 3.87. The van der Waals surface area contributed by atoms with E-state index in [9.17, 15) is 14.0 Å². The van der Waals surface area contributed by atoms with Crippen LogP contribution in [-0.2, 0) is 9.59 Å². The maximum absolute atomic E-state index is 12.9. The Kier molecular flexibility index (Phi) is 4.28. The van der Waals surface area contributed by atoms with Crippen molar-refractivity contribution in [1.82, 2.24) is 0 Å². The van der Waals surface area contributed by atoms with Gasteiger partial charge in [0.15, 0.2) is 5.78 Å². The number of amides is 1. The molecule has 1 unspecified atom stereocenters. The van der Waals surface area contributed by atoms with E-state index in [-0.39, 0.29) is 17.5 Å². The summed E-state index contributed by atoms with van der Waals surface area (Å²) in [4.78, 5) is 26.4. The fraction of sp³-hybridized carbons (Fsp3) is 0.467. The fourth-order valence-electron chi connectivity index (χ4n) is 2.41. The van der Waals surface area contributed by atoms with Crippen molar-refractivity contribution in [3.8, 4) is 0 Å². The summed E-state index contributed by atoms with van der Waals surface area (Å²) in [5.41, 5.74) is 0.640. The number of rotatable bonds is 3. The van der Waals surface area contributed by atoms with Crippen LogP contribution in [0, 0.1) is 11.7 Å². The van der Waals surface area contributed by atoms with Crippen molar-refractivity contribution in [2.45, 2.75) is 31.0 Å². The first kappa shape index (κ1) is 15.2. The molecule has 1 aromatic rings. The molecule has 1 amide bonds. The van der Waals surface area contributed by atoms with E-state index in [1.807, 2.05) is 0 Å². The highest BCUT2D eigenvalue weighted by Crippen LogP contribution is 2.30. The molecule has 0 spiro atoms. The zero-order valence-corrected chi connectivity index (χ0v) is 13.1. The van der Waals surface area contributed by atoms with E-state index in [2.05, 4.69) is 15.9 Å². The fourth-order valence-corrected chi connectivity index (χ4v) is 2.69. The monoisotopic (exact) mass is 341 g/mol. The number of Topliss-reactive ketones (excluding diaryl/α,β-unsaturated/α-hetero) is 1. The predicted octanol–water partition coefficient (Wildman–Crippen LogP) is 3.31. The molecule has 1 aromatic carbocycles. The minimum atomic E-state index is -0.709. The number of halogens is 2. The van der Waals surface area contributed by atoms with E-state index in [0.717, 1.165) is 6.42 Å². The molecule has 1 aliphatic rings. The van der Waals surface area contributed by atoms with Crippen LogP contribution in [-0.4, -0.2) is 22.6 Å². The zero-order chi connectivity index (χ0) is 14.9. The number of hydrogen-bond acceptors (Lipinski definition) is 2. The summed E-state index contributed by atoms with van der Waals surface area (Å²) in [6.07, 6.45) is 1.34. The molecular formula is C15H17BrFNO2. The van der Waals surface area contributed by atoms with E-state index in [1.54, 1.807) is 30.9 Å². The second kappa shape index (κ2) is 5.64. The average molecular weight is 342 g/mol. The molecule has 1 saturated heterocycles. The van der Waals surface area contributed by atoms with Gasteiger partial charge in [0.2, 0.25) is 5.91 Å². The van der Waals surface area contributed by atoms with Gasteiger partial charge in [0, 0.05) is 12.2 Å². The number of anilines is 1. The molecule has 108 valence electrons. The molecule has 1 atom stereocenters. The van der Waals surface area contributed by atoms with Crippen molar-refractivity contribution in [3.05, 3.63) is 30.1 Å². The molecule has 3 nitrogen and oxygen atoms in total. The Balaban J connectivity index is 2.23. The summed E-state index contributed by atoms with van der Waals surface area (Å²) in [5, 5.41) is 0. The normalized spacial score (nSPS) is 20.1. The number of hydrogen-bond donors (Lipinski definition) is 0. The topological polar surface area (TPSA) is 37.4 Å². The maximum Gasteiger partial charge on any atom is 0.237 e. The average Bonchev–Trinajstić information content (AvgIpc) is 2.38. The van der Waals surface area contributed by atoms with Crippen LogP contribution in [0.25, 0.3) is 0 Å². The van der Waals surface area contributed by atoms with E-state index in [0.29, 0.717) is 18.7 Å². The minimum absolute atomic E-state index is 0.102. The van der Waals surface area contributed by atoms with Crippen molar-refractivity contribution in [2.24, 2.45) is 5.92 Å². The van der Waals surface area contributed by atoms with Gasteiger partial charge in [-0.2, -0.15) is 0 Å². The molecule has 0 aliphatic carbocycles. The Morgan fingerprint density at radius 1 is 1.35 bits per heavy atom. The maximum atomic E-state index is 12.9. The second-order valence-electron chi connectivity index (χ2n) is 5.50. The van der Waals surface area contributed by atoms with Gasteiger partial charge in [0.1, 0.15) is 5.82 Å². The largest absolute Gasteiger partial charge is 0.312 e. The lowest BCUT2D eigenvalue weighted by molar-refractivity contribution is -0.134. The van der Waals surface area contributed by atoms with Crippen LogP contribution in [0.5, 0.6) is 0 Å². The highest BCUT2D eigenvalue weighted by Gasteiger charge is 2.40. The van der Waals surface area contributed by atoms with Gasteiger partial charge < -0.3 is 4.90 Å². The van der Waals surface area contributed by atoms with Crippen LogP contribution in [0.4, 0.5) is 10.1 Å². The Hall–Kier alpha value is -1.23. The summed E-state index contributed by atoms with van der Waals surface area (Å²) in [7, 11) is 0. The minimum Gasteiger partial charge on any atom is -0.312 e. The first-order valence-electron chi connectivity index (χ1n) is 6.61. The van der Waals surface area contributed by atoms with Crippen LogP contribution in [0.1, 0.15) is 26.7 Å². The molecule has 20 heavy (non-hydrogen) atoms. The number of carbonyl (C=O) groups is 2. The first-order valence-corrected chi connectivity index (χ1v) is 7.40. The third-order valence-electron chi connectivity index (χ3n) is 3.48. The number of piperidine rings is 1. The van der Waals surface area contributed by atoms with E-state index >= 15 is 0 Å². The lowest BCUT2D eigenvalue weighted by atomic mass is 9.87. The van der Waals surface area contributed by atoms with Gasteiger partial charge in [0.05, 0.1) is 10.2 Å². The zero-order valence-electron chi connectivity index (χ0n) is 11.5. The number of nitrogens with zero attached hydrogens (tertiary/aromatic N) is 1. The molecule has 0 N–H and O–H groups in total. The van der Waals surface area contributed by atoms with Crippen molar-refractivity contribution in [2.75, 3.05) is 11.4 Å². The van der Waals surface area contributed by atoms with Crippen molar-refractivity contribution in [1.29, 1.82) is 0 Å². The van der Waals surface area contributed by atoms with E-state index in [1.165, 1.54) is 12.1 Å². The van der Waals surface area contributed by atoms with Gasteiger partial charge in [-0.25, -0.2) is 4.39 Å². The van der Waals surface area contributed by atoms with Crippen molar-refractivity contribution >= 4 is 33.3 Å². The molecule has 1 fully saturated rings. The number of benzene rings is 1. The lowest BCUT2D eigenvalue weighted by Gasteiger charge is -2.33. The molecule has 0 aromatic heterocycles. The van der Waals surface area contributed by atoms with Crippen LogP contribution >= 0.6 is 15.9 Å². The Morgan fingerprint density at radius 2 is 1.95 bits per heavy atom. The van der Waals surface area contributed by atoms with Crippen LogP contribution in [0.3, 0.4) is 0 Å². The first-order chi connectivity index (χ1) is 9.30. The Morgan fingerprint density at radius 3 is 2.50 bits per heavy atom. The third kappa shape index (κ3) is 3.08. The van der Waals surface area contributed by atoms with Crippen molar-refractivity contribution in [3.63, 3.8) is 0 Å². The molecule has 0 bridgehead atoms. The highest BCUT2D eigenvalue weighted by molar-refractivity contribution is 9.10. The molecule has 1 heterocycles. The lowest BCUT2D eigenvalue weighted by Crippen LogP contribution is -2.48. The molecule has 0 saturated carbocycles. The highest BCUT2D eigenvalue weighted by atomic mass is 79.9. The van der Waals surface area contributed by atoms with Gasteiger partial charge in [-0.15, -0.1) is 0 Å². The summed E-state index contributed by atoms with van der Waals surface area (Å²) >= 11 is 3.32. The Bertz CT molecular complexity index is 522. The second-order valence-corrected chi connectivity index (χ2v) is 7.48. The van der Waals surface area contributed by atoms with Gasteiger partial charge in [-0.3, -0.25) is 9.59 Å². The molecule has 5 heteroatoms. The van der Waals surface area contributed by atoms with Crippen LogP contribution < -0.4 is 4.90 Å².